The van der Waals surface area contributed by atoms with Gasteiger partial charge in [0.25, 0.3) is 0 Å². The third kappa shape index (κ3) is 6.67. The van der Waals surface area contributed by atoms with Crippen LogP contribution >= 0.6 is 12.4 Å². The molecule has 1 saturated heterocycles. The van der Waals surface area contributed by atoms with Crippen LogP contribution in [-0.4, -0.2) is 55.7 Å². The average Bonchev–Trinajstić information content (AvgIpc) is 2.77. The Kier molecular flexibility index (Phi) is 9.77. The summed E-state index contributed by atoms with van der Waals surface area (Å²) in [7, 11) is 0. The van der Waals surface area contributed by atoms with E-state index in [0.29, 0.717) is 12.4 Å². The van der Waals surface area contributed by atoms with E-state index >= 15 is 0 Å². The van der Waals surface area contributed by atoms with Crippen molar-refractivity contribution in [2.24, 2.45) is 5.92 Å². The van der Waals surface area contributed by atoms with Crippen molar-refractivity contribution >= 4 is 12.4 Å². The minimum atomic E-state index is -0.443. The number of piperazine rings is 1. The van der Waals surface area contributed by atoms with Crippen LogP contribution in [0.1, 0.15) is 25.8 Å². The second kappa shape index (κ2) is 12.0. The van der Waals surface area contributed by atoms with Crippen LogP contribution in [0.5, 0.6) is 5.75 Å². The molecule has 1 fully saturated rings. The van der Waals surface area contributed by atoms with Gasteiger partial charge in [-0.05, 0) is 42.2 Å². The molecule has 1 aliphatic heterocycles. The predicted octanol–water partition coefficient (Wildman–Crippen LogP) is 4.75. The minimum absolute atomic E-state index is 0. The summed E-state index contributed by atoms with van der Waals surface area (Å²) in [6.07, 6.45) is 0.846. The molecule has 1 aliphatic rings. The lowest BCUT2D eigenvalue weighted by molar-refractivity contribution is 0.110. The van der Waals surface area contributed by atoms with E-state index in [1.165, 1.54) is 12.1 Å². The molecule has 6 heteroatoms. The summed E-state index contributed by atoms with van der Waals surface area (Å²) < 4.78 is 18.7. The number of hydrogen-bond acceptors (Lipinski definition) is 4. The maximum atomic E-state index is 12.9. The second-order valence-corrected chi connectivity index (χ2v) is 8.34. The predicted molar refractivity (Wildman–Crippen MR) is 125 cm³/mol. The topological polar surface area (TPSA) is 39.5 Å². The zero-order valence-corrected chi connectivity index (χ0v) is 19.3. The smallest absolute Gasteiger partial charge is 0.123 e. The highest BCUT2D eigenvalue weighted by molar-refractivity contribution is 5.85. The van der Waals surface area contributed by atoms with Crippen LogP contribution in [0.15, 0.2) is 54.6 Å². The molecule has 0 saturated carbocycles. The number of nitrogens with zero attached hydrogens (tertiary/aromatic N) is 3. The van der Waals surface area contributed by atoms with E-state index < -0.39 is 5.41 Å². The zero-order chi connectivity index (χ0) is 21.4. The van der Waals surface area contributed by atoms with Gasteiger partial charge in [0.1, 0.15) is 18.2 Å². The minimum Gasteiger partial charge on any atom is -0.492 e. The molecule has 0 spiro atoms. The summed E-state index contributed by atoms with van der Waals surface area (Å²) in [6, 6.07) is 19.0. The molecule has 0 aliphatic carbocycles. The molecule has 31 heavy (non-hydrogen) atoms. The number of nitriles is 1. The highest BCUT2D eigenvalue weighted by Gasteiger charge is 2.36. The standard InChI is InChI=1S/C25H32FN3O.ClH/c1-21(2)25(20-27,22-6-4-3-5-7-22)12-13-28-14-16-29(17-15-28)18-19-30-24-10-8-23(26)9-11-24;/h3-11,21H,12-19H2,1-2H3;1H. The van der Waals surface area contributed by atoms with E-state index in [0.717, 1.165) is 51.3 Å². The SMILES string of the molecule is CC(C)C(C#N)(CCN1CCN(CCOc2ccc(F)cc2)CC1)c1ccccc1.Cl. The number of ether oxygens (including phenoxy) is 1. The Labute approximate surface area is 192 Å². The van der Waals surface area contributed by atoms with Crippen LogP contribution in [-0.2, 0) is 5.41 Å². The number of hydrogen-bond donors (Lipinski definition) is 0. The van der Waals surface area contributed by atoms with Crippen molar-refractivity contribution in [3.8, 4) is 11.8 Å². The van der Waals surface area contributed by atoms with E-state index in [4.69, 9.17) is 4.74 Å². The molecule has 3 rings (SSSR count). The van der Waals surface area contributed by atoms with Gasteiger partial charge in [-0.1, -0.05) is 44.2 Å². The Morgan fingerprint density at radius 1 is 0.968 bits per heavy atom. The zero-order valence-electron chi connectivity index (χ0n) is 18.5. The molecule has 2 aromatic rings. The van der Waals surface area contributed by atoms with Crippen LogP contribution < -0.4 is 4.74 Å². The maximum absolute atomic E-state index is 12.9. The second-order valence-electron chi connectivity index (χ2n) is 8.34. The van der Waals surface area contributed by atoms with Gasteiger partial charge in [0.05, 0.1) is 11.5 Å². The lowest BCUT2D eigenvalue weighted by Gasteiger charge is -2.38. The van der Waals surface area contributed by atoms with Crippen molar-refractivity contribution < 1.29 is 9.13 Å². The molecule has 0 amide bonds. The molecule has 0 N–H and O–H groups in total. The molecule has 0 bridgehead atoms. The lowest BCUT2D eigenvalue weighted by Crippen LogP contribution is -2.48. The van der Waals surface area contributed by atoms with Gasteiger partial charge in [-0.3, -0.25) is 4.90 Å². The van der Waals surface area contributed by atoms with Crippen molar-refractivity contribution in [2.75, 3.05) is 45.9 Å². The molecular formula is C25H33ClFN3O. The first kappa shape index (κ1) is 25.1. The van der Waals surface area contributed by atoms with Crippen molar-refractivity contribution in [2.45, 2.75) is 25.7 Å². The lowest BCUT2D eigenvalue weighted by atomic mass is 9.70. The summed E-state index contributed by atoms with van der Waals surface area (Å²) >= 11 is 0. The van der Waals surface area contributed by atoms with Crippen LogP contribution in [0.2, 0.25) is 0 Å². The van der Waals surface area contributed by atoms with Crippen molar-refractivity contribution in [3.63, 3.8) is 0 Å². The van der Waals surface area contributed by atoms with E-state index in [9.17, 15) is 9.65 Å². The number of halogens is 2. The van der Waals surface area contributed by atoms with Gasteiger partial charge < -0.3 is 9.64 Å². The average molecular weight is 446 g/mol. The van der Waals surface area contributed by atoms with E-state index in [1.807, 2.05) is 18.2 Å². The van der Waals surface area contributed by atoms with Gasteiger partial charge in [-0.2, -0.15) is 5.26 Å². The molecule has 1 atom stereocenters. The molecule has 1 heterocycles. The number of benzene rings is 2. The Balaban J connectivity index is 0.00000341. The van der Waals surface area contributed by atoms with Crippen LogP contribution in [0.4, 0.5) is 4.39 Å². The molecule has 0 radical (unpaired) electrons. The Bertz CT molecular complexity index is 817. The Hall–Kier alpha value is -2.13. The summed E-state index contributed by atoms with van der Waals surface area (Å²) in [5.41, 5.74) is 0.681. The third-order valence-electron chi connectivity index (χ3n) is 6.25. The van der Waals surface area contributed by atoms with Crippen LogP contribution in [0.3, 0.4) is 0 Å². The van der Waals surface area contributed by atoms with Gasteiger partial charge in [-0.25, -0.2) is 4.39 Å². The van der Waals surface area contributed by atoms with Gasteiger partial charge in [0.2, 0.25) is 0 Å². The normalized spacial score (nSPS) is 16.9. The fraction of sp³-hybridized carbons (Fsp3) is 0.480. The van der Waals surface area contributed by atoms with Crippen LogP contribution in [0.25, 0.3) is 0 Å². The number of rotatable bonds is 9. The monoisotopic (exact) mass is 445 g/mol. The van der Waals surface area contributed by atoms with Crippen molar-refractivity contribution in [1.82, 2.24) is 9.80 Å². The highest BCUT2D eigenvalue weighted by Crippen LogP contribution is 2.35. The Morgan fingerprint density at radius 2 is 1.55 bits per heavy atom. The maximum Gasteiger partial charge on any atom is 0.123 e. The van der Waals surface area contributed by atoms with Crippen LogP contribution in [0, 0.1) is 23.1 Å². The quantitative estimate of drug-likeness (QED) is 0.558. The van der Waals surface area contributed by atoms with Gasteiger partial charge in [0.15, 0.2) is 0 Å². The summed E-state index contributed by atoms with van der Waals surface area (Å²) in [6.45, 7) is 10.7. The molecule has 1 unspecified atom stereocenters. The molecule has 168 valence electrons. The first-order valence-electron chi connectivity index (χ1n) is 10.8. The van der Waals surface area contributed by atoms with Gasteiger partial charge in [-0.15, -0.1) is 12.4 Å². The summed E-state index contributed by atoms with van der Waals surface area (Å²) in [5, 5.41) is 10.1. The molecule has 0 aromatic heterocycles. The Morgan fingerprint density at radius 3 is 2.10 bits per heavy atom. The first-order valence-corrected chi connectivity index (χ1v) is 10.8. The molecule has 4 nitrogen and oxygen atoms in total. The van der Waals surface area contributed by atoms with E-state index in [2.05, 4.69) is 41.8 Å². The van der Waals surface area contributed by atoms with Gasteiger partial charge in [0, 0.05) is 39.3 Å². The largest absolute Gasteiger partial charge is 0.492 e. The third-order valence-corrected chi connectivity index (χ3v) is 6.25. The van der Waals surface area contributed by atoms with Gasteiger partial charge >= 0.3 is 0 Å². The fourth-order valence-corrected chi connectivity index (χ4v) is 4.15. The summed E-state index contributed by atoms with van der Waals surface area (Å²) in [4.78, 5) is 4.87. The molecular weight excluding hydrogens is 413 g/mol. The van der Waals surface area contributed by atoms with E-state index in [-0.39, 0.29) is 24.1 Å². The fourth-order valence-electron chi connectivity index (χ4n) is 4.15. The highest BCUT2D eigenvalue weighted by atomic mass is 35.5. The summed E-state index contributed by atoms with van der Waals surface area (Å²) in [5.74, 6) is 0.718. The van der Waals surface area contributed by atoms with Crippen molar-refractivity contribution in [3.05, 3.63) is 66.0 Å². The molecule has 2 aromatic carbocycles. The van der Waals surface area contributed by atoms with Crippen molar-refractivity contribution in [1.29, 1.82) is 5.26 Å². The van der Waals surface area contributed by atoms with E-state index in [1.54, 1.807) is 12.1 Å². The first-order chi connectivity index (χ1) is 14.5.